The molecule has 0 amide bonds. The number of nitrogens with zero attached hydrogens (tertiary/aromatic N) is 2. The van der Waals surface area contributed by atoms with Gasteiger partial charge in [-0.05, 0) is 32.3 Å². The van der Waals surface area contributed by atoms with E-state index in [1.807, 2.05) is 26.8 Å². The summed E-state index contributed by atoms with van der Waals surface area (Å²) in [6, 6.07) is 2.02. The van der Waals surface area contributed by atoms with E-state index in [4.69, 9.17) is 16.9 Å². The zero-order valence-corrected chi connectivity index (χ0v) is 9.25. The fourth-order valence-electron chi connectivity index (χ4n) is 0.794. The van der Waals surface area contributed by atoms with Crippen LogP contribution in [0.2, 0.25) is 5.15 Å². The van der Waals surface area contributed by atoms with E-state index in [0.717, 1.165) is 5.00 Å². The Morgan fingerprint density at radius 2 is 2.15 bits per heavy atom. The van der Waals surface area contributed by atoms with E-state index in [2.05, 4.69) is 9.69 Å². The average molecular weight is 216 g/mol. The zero-order chi connectivity index (χ0) is 10.1. The minimum Gasteiger partial charge on any atom is -0.370 e. The highest BCUT2D eigenvalue weighted by Gasteiger charge is 2.17. The number of hydrogen-bond acceptors (Lipinski definition) is 4. The van der Waals surface area contributed by atoms with Crippen molar-refractivity contribution in [3.63, 3.8) is 0 Å². The number of nitriles is 1. The normalized spacial score (nSPS) is 11.0. The Kier molecular flexibility index (Phi) is 2.79. The molecule has 1 N–H and O–H groups in total. The summed E-state index contributed by atoms with van der Waals surface area (Å²) >= 11 is 6.92. The first-order valence-electron chi connectivity index (χ1n) is 3.77. The molecule has 0 bridgehead atoms. The molecule has 0 saturated carbocycles. The number of hydrogen-bond donors (Lipinski definition) is 1. The molecule has 0 unspecified atom stereocenters. The fraction of sp³-hybridized carbons (Fsp3) is 0.500. The quantitative estimate of drug-likeness (QED) is 0.784. The van der Waals surface area contributed by atoms with Gasteiger partial charge in [0.25, 0.3) is 0 Å². The Balaban J connectivity index is 2.97. The molecule has 0 aliphatic carbocycles. The summed E-state index contributed by atoms with van der Waals surface area (Å²) in [5.41, 5.74) is 0.350. The molecule has 1 aromatic rings. The number of nitrogens with one attached hydrogen (secondary N) is 1. The molecule has 1 aromatic heterocycles. The van der Waals surface area contributed by atoms with Crippen molar-refractivity contribution in [2.75, 3.05) is 5.32 Å². The Bertz CT molecular complexity index is 345. The summed E-state index contributed by atoms with van der Waals surface area (Å²) in [6.45, 7) is 6.05. The van der Waals surface area contributed by atoms with Gasteiger partial charge in [-0.25, -0.2) is 0 Å². The van der Waals surface area contributed by atoms with Gasteiger partial charge in [-0.1, -0.05) is 11.6 Å². The van der Waals surface area contributed by atoms with Gasteiger partial charge in [-0.2, -0.15) is 9.64 Å². The third kappa shape index (κ3) is 2.58. The van der Waals surface area contributed by atoms with Gasteiger partial charge in [-0.3, -0.25) is 0 Å². The van der Waals surface area contributed by atoms with Crippen LogP contribution in [0.15, 0.2) is 0 Å². The minimum atomic E-state index is -0.0819. The van der Waals surface area contributed by atoms with Crippen LogP contribution in [0.4, 0.5) is 5.00 Å². The van der Waals surface area contributed by atoms with Crippen LogP contribution >= 0.6 is 23.1 Å². The first-order valence-corrected chi connectivity index (χ1v) is 4.92. The van der Waals surface area contributed by atoms with Gasteiger partial charge >= 0.3 is 0 Å². The number of aromatic nitrogens is 1. The third-order valence-corrected chi connectivity index (χ3v) is 2.39. The Morgan fingerprint density at radius 1 is 1.54 bits per heavy atom. The van der Waals surface area contributed by atoms with Crippen molar-refractivity contribution < 1.29 is 0 Å². The maximum Gasteiger partial charge on any atom is 0.162 e. The van der Waals surface area contributed by atoms with E-state index in [0.29, 0.717) is 5.56 Å². The second-order valence-electron chi connectivity index (χ2n) is 3.66. The third-order valence-electron chi connectivity index (χ3n) is 1.25. The topological polar surface area (TPSA) is 48.7 Å². The van der Waals surface area contributed by atoms with Crippen molar-refractivity contribution in [2.45, 2.75) is 26.3 Å². The summed E-state index contributed by atoms with van der Waals surface area (Å²) in [6.07, 6.45) is 0. The lowest BCUT2D eigenvalue weighted by Gasteiger charge is -2.20. The van der Waals surface area contributed by atoms with E-state index in [9.17, 15) is 0 Å². The molecular formula is C8H10ClN3S. The molecule has 70 valence electrons. The molecule has 5 heteroatoms. The van der Waals surface area contributed by atoms with Crippen molar-refractivity contribution in [1.82, 2.24) is 4.37 Å². The lowest BCUT2D eigenvalue weighted by Crippen LogP contribution is -2.25. The van der Waals surface area contributed by atoms with Crippen LogP contribution in [0, 0.1) is 11.3 Å². The van der Waals surface area contributed by atoms with Gasteiger partial charge in [0, 0.05) is 5.54 Å². The van der Waals surface area contributed by atoms with E-state index >= 15 is 0 Å². The molecule has 13 heavy (non-hydrogen) atoms. The summed E-state index contributed by atoms with van der Waals surface area (Å²) in [4.78, 5) is 0. The largest absolute Gasteiger partial charge is 0.370 e. The maximum atomic E-state index is 8.78. The molecule has 0 saturated heterocycles. The van der Waals surface area contributed by atoms with Crippen molar-refractivity contribution in [2.24, 2.45) is 0 Å². The second-order valence-corrected chi connectivity index (χ2v) is 4.80. The summed E-state index contributed by atoms with van der Waals surface area (Å²) in [5.74, 6) is 0. The highest BCUT2D eigenvalue weighted by molar-refractivity contribution is 7.10. The van der Waals surface area contributed by atoms with Gasteiger partial charge in [0.1, 0.15) is 16.6 Å². The molecule has 0 spiro atoms. The monoisotopic (exact) mass is 215 g/mol. The van der Waals surface area contributed by atoms with Crippen LogP contribution in [0.3, 0.4) is 0 Å². The molecule has 0 aliphatic heterocycles. The second kappa shape index (κ2) is 3.52. The van der Waals surface area contributed by atoms with Gasteiger partial charge in [0.2, 0.25) is 0 Å². The number of rotatable bonds is 1. The Morgan fingerprint density at radius 3 is 2.62 bits per heavy atom. The molecule has 0 aromatic carbocycles. The predicted molar refractivity (Wildman–Crippen MR) is 55.2 cm³/mol. The van der Waals surface area contributed by atoms with E-state index in [1.165, 1.54) is 11.5 Å². The molecule has 1 heterocycles. The lowest BCUT2D eigenvalue weighted by molar-refractivity contribution is 0.636. The number of anilines is 1. The van der Waals surface area contributed by atoms with Gasteiger partial charge in [0.05, 0.1) is 0 Å². The van der Waals surface area contributed by atoms with Crippen molar-refractivity contribution >= 4 is 28.1 Å². The molecule has 3 nitrogen and oxygen atoms in total. The summed E-state index contributed by atoms with van der Waals surface area (Å²) in [7, 11) is 0. The molecule has 1 rings (SSSR count). The van der Waals surface area contributed by atoms with Crippen molar-refractivity contribution in [1.29, 1.82) is 5.26 Å². The average Bonchev–Trinajstić information content (AvgIpc) is 2.28. The standard InChI is InChI=1S/C8H10ClN3S/c1-8(2,3)11-7-5(4-10)6(9)12-13-7/h11H,1-3H3. The maximum absolute atomic E-state index is 8.78. The van der Waals surface area contributed by atoms with Crippen LogP contribution < -0.4 is 5.32 Å². The molecule has 0 atom stereocenters. The Hall–Kier alpha value is -0.790. The zero-order valence-electron chi connectivity index (χ0n) is 7.68. The summed E-state index contributed by atoms with van der Waals surface area (Å²) in [5, 5.41) is 13.0. The highest BCUT2D eigenvalue weighted by atomic mass is 35.5. The lowest BCUT2D eigenvalue weighted by atomic mass is 10.1. The number of halogens is 1. The van der Waals surface area contributed by atoms with Crippen molar-refractivity contribution in [3.8, 4) is 6.07 Å². The first kappa shape index (κ1) is 10.3. The van der Waals surface area contributed by atoms with Gasteiger partial charge in [-0.15, -0.1) is 0 Å². The van der Waals surface area contributed by atoms with Crippen LogP contribution in [0.5, 0.6) is 0 Å². The smallest absolute Gasteiger partial charge is 0.162 e. The molecular weight excluding hydrogens is 206 g/mol. The van der Waals surface area contributed by atoms with Crippen molar-refractivity contribution in [3.05, 3.63) is 10.7 Å². The van der Waals surface area contributed by atoms with Crippen LogP contribution in [-0.4, -0.2) is 9.91 Å². The van der Waals surface area contributed by atoms with E-state index in [-0.39, 0.29) is 10.7 Å². The van der Waals surface area contributed by atoms with E-state index < -0.39 is 0 Å². The van der Waals surface area contributed by atoms with Gasteiger partial charge < -0.3 is 5.32 Å². The molecule has 0 radical (unpaired) electrons. The molecule has 0 fully saturated rings. The SMILES string of the molecule is CC(C)(C)Nc1snc(Cl)c1C#N. The fourth-order valence-corrected chi connectivity index (χ4v) is 1.94. The van der Waals surface area contributed by atoms with Crippen LogP contribution in [-0.2, 0) is 0 Å². The first-order chi connectivity index (χ1) is 5.94. The van der Waals surface area contributed by atoms with E-state index in [1.54, 1.807) is 0 Å². The van der Waals surface area contributed by atoms with Gasteiger partial charge in [0.15, 0.2) is 5.15 Å². The predicted octanol–water partition coefficient (Wildman–Crippen LogP) is 2.88. The summed E-state index contributed by atoms with van der Waals surface area (Å²) < 4.78 is 3.89. The molecule has 0 aliphatic rings. The highest BCUT2D eigenvalue weighted by Crippen LogP contribution is 2.29. The van der Waals surface area contributed by atoms with Crippen LogP contribution in [0.1, 0.15) is 26.3 Å². The minimum absolute atomic E-state index is 0.0819. The van der Waals surface area contributed by atoms with Crippen LogP contribution in [0.25, 0.3) is 0 Å². The Labute approximate surface area is 86.5 Å².